The van der Waals surface area contributed by atoms with Crippen molar-refractivity contribution < 1.29 is 14.3 Å². The number of likely N-dealkylation sites (tertiary alicyclic amines) is 1. The van der Waals surface area contributed by atoms with Gasteiger partial charge in [-0.3, -0.25) is 4.79 Å². The van der Waals surface area contributed by atoms with Gasteiger partial charge in [0.25, 0.3) is 5.91 Å². The molecular formula is C22H23FN4O2. The van der Waals surface area contributed by atoms with Gasteiger partial charge in [0.15, 0.2) is 0 Å². The summed E-state index contributed by atoms with van der Waals surface area (Å²) in [6.07, 6.45) is 0.922. The molecule has 1 N–H and O–H groups in total. The predicted octanol–water partition coefficient (Wildman–Crippen LogP) is 3.30. The van der Waals surface area contributed by atoms with Gasteiger partial charge in [-0.15, -0.1) is 5.10 Å². The molecular weight excluding hydrogens is 371 g/mol. The molecule has 0 radical (unpaired) electrons. The summed E-state index contributed by atoms with van der Waals surface area (Å²) >= 11 is 0. The minimum Gasteiger partial charge on any atom is -0.388 e. The van der Waals surface area contributed by atoms with Gasteiger partial charge in [-0.2, -0.15) is 0 Å². The molecule has 1 aromatic heterocycles. The molecule has 29 heavy (non-hydrogen) atoms. The number of aliphatic hydroxyl groups is 1. The largest absolute Gasteiger partial charge is 0.388 e. The molecule has 1 aliphatic rings. The maximum absolute atomic E-state index is 13.2. The zero-order chi connectivity index (χ0) is 20.4. The number of aryl methyl sites for hydroxylation is 1. The molecule has 1 fully saturated rings. The Morgan fingerprint density at radius 2 is 1.76 bits per heavy atom. The summed E-state index contributed by atoms with van der Waals surface area (Å²) in [5.74, 6) is 0.265. The Labute approximate surface area is 168 Å². The zero-order valence-corrected chi connectivity index (χ0v) is 16.2. The van der Waals surface area contributed by atoms with Crippen molar-refractivity contribution in [2.75, 3.05) is 13.1 Å². The Morgan fingerprint density at radius 1 is 1.10 bits per heavy atom. The number of benzene rings is 2. The number of nitrogens with zero attached hydrogens (tertiary/aromatic N) is 4. The molecule has 0 spiro atoms. The van der Waals surface area contributed by atoms with Crippen LogP contribution in [0.3, 0.4) is 0 Å². The number of carbonyl (C=O) groups is 1. The Bertz CT molecular complexity index is 980. The number of hydrogen-bond donors (Lipinski definition) is 1. The van der Waals surface area contributed by atoms with Crippen LogP contribution in [0.1, 0.15) is 41.0 Å². The zero-order valence-electron chi connectivity index (χ0n) is 16.2. The summed E-state index contributed by atoms with van der Waals surface area (Å²) < 4.78 is 14.7. The van der Waals surface area contributed by atoms with Crippen LogP contribution in [0.5, 0.6) is 0 Å². The second-order valence-corrected chi connectivity index (χ2v) is 7.36. The first-order chi connectivity index (χ1) is 14.0. The molecule has 1 unspecified atom stereocenters. The lowest BCUT2D eigenvalue weighted by molar-refractivity contribution is 0.0454. The summed E-state index contributed by atoms with van der Waals surface area (Å²) in [6.45, 7) is 2.87. The van der Waals surface area contributed by atoms with Gasteiger partial charge in [0.1, 0.15) is 11.6 Å². The minimum absolute atomic E-state index is 0.118. The van der Waals surface area contributed by atoms with Crippen LogP contribution in [0.4, 0.5) is 4.39 Å². The van der Waals surface area contributed by atoms with Gasteiger partial charge in [-0.25, -0.2) is 14.1 Å². The van der Waals surface area contributed by atoms with Crippen LogP contribution in [0.15, 0.2) is 54.6 Å². The van der Waals surface area contributed by atoms with E-state index < -0.39 is 6.10 Å². The average molecular weight is 394 g/mol. The summed E-state index contributed by atoms with van der Waals surface area (Å²) in [5, 5.41) is 14.9. The van der Waals surface area contributed by atoms with Crippen molar-refractivity contribution in [1.29, 1.82) is 0 Å². The van der Waals surface area contributed by atoms with Crippen molar-refractivity contribution in [1.82, 2.24) is 19.7 Å². The average Bonchev–Trinajstić information content (AvgIpc) is 3.15. The van der Waals surface area contributed by atoms with Crippen molar-refractivity contribution in [3.63, 3.8) is 0 Å². The Kier molecular flexibility index (Phi) is 5.40. The number of rotatable bonds is 4. The standard InChI is InChI=1S/C22H23FN4O2/c1-15-24-21(25-27(15)19-9-7-18(23)8-10-19)22(29)26-13-11-17(12-14-26)20(28)16-5-3-2-4-6-16/h2-10,17,20,28H,11-14H2,1H3. The molecule has 0 saturated carbocycles. The number of aliphatic hydroxyl groups excluding tert-OH is 1. The van der Waals surface area contributed by atoms with Crippen LogP contribution in [0.25, 0.3) is 5.69 Å². The highest BCUT2D eigenvalue weighted by Crippen LogP contribution is 2.31. The normalized spacial score (nSPS) is 16.0. The molecule has 1 amide bonds. The maximum Gasteiger partial charge on any atom is 0.293 e. The molecule has 1 atom stereocenters. The summed E-state index contributed by atoms with van der Waals surface area (Å²) in [4.78, 5) is 18.9. The Morgan fingerprint density at radius 3 is 2.41 bits per heavy atom. The lowest BCUT2D eigenvalue weighted by Crippen LogP contribution is -2.40. The molecule has 3 aromatic rings. The molecule has 6 nitrogen and oxygen atoms in total. The van der Waals surface area contributed by atoms with Crippen molar-refractivity contribution in [3.8, 4) is 5.69 Å². The summed E-state index contributed by atoms with van der Waals surface area (Å²) in [6, 6.07) is 15.5. The smallest absolute Gasteiger partial charge is 0.293 e. The lowest BCUT2D eigenvalue weighted by atomic mass is 9.87. The highest BCUT2D eigenvalue weighted by Gasteiger charge is 2.30. The fourth-order valence-corrected chi connectivity index (χ4v) is 3.79. The number of aromatic nitrogens is 3. The van der Waals surface area contributed by atoms with E-state index >= 15 is 0 Å². The van der Waals surface area contributed by atoms with Gasteiger partial charge in [0, 0.05) is 13.1 Å². The van der Waals surface area contributed by atoms with Gasteiger partial charge >= 0.3 is 0 Å². The number of carbonyl (C=O) groups excluding carboxylic acids is 1. The van der Waals surface area contributed by atoms with Gasteiger partial charge in [-0.05, 0) is 55.5 Å². The van der Waals surface area contributed by atoms with Crippen molar-refractivity contribution in [2.24, 2.45) is 5.92 Å². The van der Waals surface area contributed by atoms with E-state index in [0.29, 0.717) is 24.6 Å². The van der Waals surface area contributed by atoms with Gasteiger partial charge in [0.2, 0.25) is 5.82 Å². The molecule has 150 valence electrons. The number of halogens is 1. The van der Waals surface area contributed by atoms with Crippen LogP contribution in [0, 0.1) is 18.7 Å². The van der Waals surface area contributed by atoms with Crippen LogP contribution < -0.4 is 0 Å². The van der Waals surface area contributed by atoms with Gasteiger partial charge < -0.3 is 10.0 Å². The third kappa shape index (κ3) is 4.05. The van der Waals surface area contributed by atoms with Crippen LogP contribution in [-0.4, -0.2) is 43.8 Å². The van der Waals surface area contributed by atoms with Gasteiger partial charge in [0.05, 0.1) is 11.8 Å². The van der Waals surface area contributed by atoms with E-state index in [0.717, 1.165) is 18.4 Å². The molecule has 2 heterocycles. The highest BCUT2D eigenvalue weighted by molar-refractivity contribution is 5.90. The molecule has 7 heteroatoms. The number of piperidine rings is 1. The fraction of sp³-hybridized carbons (Fsp3) is 0.318. The Balaban J connectivity index is 1.42. The topological polar surface area (TPSA) is 71.2 Å². The quantitative estimate of drug-likeness (QED) is 0.737. The minimum atomic E-state index is -0.522. The second-order valence-electron chi connectivity index (χ2n) is 7.36. The van der Waals surface area contributed by atoms with Gasteiger partial charge in [-0.1, -0.05) is 30.3 Å². The van der Waals surface area contributed by atoms with Crippen LogP contribution in [-0.2, 0) is 0 Å². The van der Waals surface area contributed by atoms with Crippen molar-refractivity contribution >= 4 is 5.91 Å². The SMILES string of the molecule is Cc1nc(C(=O)N2CCC(C(O)c3ccccc3)CC2)nn1-c1ccc(F)cc1. The fourth-order valence-electron chi connectivity index (χ4n) is 3.79. The van der Waals surface area contributed by atoms with E-state index in [9.17, 15) is 14.3 Å². The van der Waals surface area contributed by atoms with E-state index in [2.05, 4.69) is 10.1 Å². The van der Waals surface area contributed by atoms with Crippen molar-refractivity contribution in [3.05, 3.63) is 77.6 Å². The third-order valence-electron chi connectivity index (χ3n) is 5.45. The first kappa shape index (κ1) is 19.3. The highest BCUT2D eigenvalue weighted by atomic mass is 19.1. The molecule has 4 rings (SSSR count). The van der Waals surface area contributed by atoms with Crippen molar-refractivity contribution in [2.45, 2.75) is 25.9 Å². The monoisotopic (exact) mass is 394 g/mol. The summed E-state index contributed by atoms with van der Waals surface area (Å²) in [5.41, 5.74) is 1.56. The van der Waals surface area contributed by atoms with E-state index in [4.69, 9.17) is 0 Å². The van der Waals surface area contributed by atoms with E-state index in [1.54, 1.807) is 28.6 Å². The van der Waals surface area contributed by atoms with Crippen LogP contribution in [0.2, 0.25) is 0 Å². The van der Waals surface area contributed by atoms with E-state index in [1.807, 2.05) is 30.3 Å². The first-order valence-electron chi connectivity index (χ1n) is 9.75. The molecule has 0 aliphatic carbocycles. The summed E-state index contributed by atoms with van der Waals surface area (Å²) in [7, 11) is 0. The number of amides is 1. The van der Waals surface area contributed by atoms with Crippen LogP contribution >= 0.6 is 0 Å². The van der Waals surface area contributed by atoms with E-state index in [-0.39, 0.29) is 23.5 Å². The third-order valence-corrected chi connectivity index (χ3v) is 5.45. The molecule has 0 bridgehead atoms. The first-order valence-corrected chi connectivity index (χ1v) is 9.75. The number of hydrogen-bond acceptors (Lipinski definition) is 4. The maximum atomic E-state index is 13.2. The molecule has 2 aromatic carbocycles. The second kappa shape index (κ2) is 8.13. The predicted molar refractivity (Wildman–Crippen MR) is 106 cm³/mol. The Hall–Kier alpha value is -3.06. The lowest BCUT2D eigenvalue weighted by Gasteiger charge is -2.33. The molecule has 1 saturated heterocycles. The van der Waals surface area contributed by atoms with E-state index in [1.165, 1.54) is 12.1 Å². The molecule has 1 aliphatic heterocycles.